The van der Waals surface area contributed by atoms with Crippen LogP contribution >= 0.6 is 0 Å². The highest BCUT2D eigenvalue weighted by atomic mass is 16.5. The van der Waals surface area contributed by atoms with Gasteiger partial charge in [0, 0.05) is 12.6 Å². The van der Waals surface area contributed by atoms with E-state index in [2.05, 4.69) is 20.5 Å². The minimum Gasteiger partial charge on any atom is -0.380 e. The first-order valence-electron chi connectivity index (χ1n) is 5.03. The van der Waals surface area contributed by atoms with Crippen LogP contribution in [0.4, 0.5) is 0 Å². The third-order valence-electron chi connectivity index (χ3n) is 2.35. The summed E-state index contributed by atoms with van der Waals surface area (Å²) < 4.78 is 5.36. The first kappa shape index (κ1) is 9.61. The van der Waals surface area contributed by atoms with E-state index >= 15 is 0 Å². The lowest BCUT2D eigenvalue weighted by Gasteiger charge is -2.22. The molecule has 0 amide bonds. The summed E-state index contributed by atoms with van der Waals surface area (Å²) in [6.07, 6.45) is 2.33. The summed E-state index contributed by atoms with van der Waals surface area (Å²) >= 11 is 0. The minimum absolute atomic E-state index is 0.461. The van der Waals surface area contributed by atoms with E-state index in [9.17, 15) is 0 Å². The smallest absolute Gasteiger partial charge is 0.164 e. The summed E-state index contributed by atoms with van der Waals surface area (Å²) in [6.45, 7) is 4.33. The van der Waals surface area contributed by atoms with Crippen LogP contribution < -0.4 is 5.32 Å². The molecule has 1 saturated heterocycles. The molecule has 0 spiro atoms. The van der Waals surface area contributed by atoms with Crippen molar-refractivity contribution < 1.29 is 4.74 Å². The Hall–Kier alpha value is -0.940. The van der Waals surface area contributed by atoms with E-state index < -0.39 is 0 Å². The molecular formula is C9H16N4O. The minimum atomic E-state index is 0.461. The number of nitrogens with zero attached hydrogens (tertiary/aromatic N) is 2. The second-order valence-electron chi connectivity index (χ2n) is 3.63. The predicted molar refractivity (Wildman–Crippen MR) is 51.8 cm³/mol. The van der Waals surface area contributed by atoms with Crippen molar-refractivity contribution in [2.75, 3.05) is 13.2 Å². The van der Waals surface area contributed by atoms with Gasteiger partial charge in [0.25, 0.3) is 0 Å². The van der Waals surface area contributed by atoms with E-state index in [0.717, 1.165) is 37.8 Å². The standard InChI is InChI=1S/C9H16N4O/c1-7-11-9(13-12-7)5-10-8-3-2-4-14-6-8/h8,10H,2-6H2,1H3,(H,11,12,13). The zero-order chi connectivity index (χ0) is 9.80. The third kappa shape index (κ3) is 2.52. The van der Waals surface area contributed by atoms with E-state index in [4.69, 9.17) is 4.74 Å². The van der Waals surface area contributed by atoms with Gasteiger partial charge in [-0.25, -0.2) is 4.98 Å². The van der Waals surface area contributed by atoms with Gasteiger partial charge in [0.2, 0.25) is 0 Å². The predicted octanol–water partition coefficient (Wildman–Crippen LogP) is 0.382. The van der Waals surface area contributed by atoms with Crippen molar-refractivity contribution in [1.82, 2.24) is 20.5 Å². The van der Waals surface area contributed by atoms with E-state index in [1.165, 1.54) is 6.42 Å². The van der Waals surface area contributed by atoms with Crippen LogP contribution in [0.5, 0.6) is 0 Å². The van der Waals surface area contributed by atoms with Gasteiger partial charge in [-0.05, 0) is 19.8 Å². The maximum atomic E-state index is 5.36. The van der Waals surface area contributed by atoms with Crippen LogP contribution in [0, 0.1) is 6.92 Å². The van der Waals surface area contributed by atoms with Crippen LogP contribution in [0.1, 0.15) is 24.5 Å². The van der Waals surface area contributed by atoms with Gasteiger partial charge in [-0.1, -0.05) is 0 Å². The Morgan fingerprint density at radius 3 is 3.21 bits per heavy atom. The quantitative estimate of drug-likeness (QED) is 0.733. The number of aryl methyl sites for hydroxylation is 1. The van der Waals surface area contributed by atoms with Gasteiger partial charge in [0.15, 0.2) is 5.82 Å². The van der Waals surface area contributed by atoms with E-state index in [1.807, 2.05) is 6.92 Å². The van der Waals surface area contributed by atoms with E-state index in [1.54, 1.807) is 0 Å². The molecule has 0 saturated carbocycles. The Kier molecular flexibility index (Phi) is 3.10. The molecule has 0 aromatic carbocycles. The lowest BCUT2D eigenvalue weighted by Crippen LogP contribution is -2.36. The van der Waals surface area contributed by atoms with Crippen molar-refractivity contribution in [3.63, 3.8) is 0 Å². The molecule has 1 fully saturated rings. The molecule has 2 rings (SSSR count). The second kappa shape index (κ2) is 4.52. The first-order valence-corrected chi connectivity index (χ1v) is 5.03. The van der Waals surface area contributed by atoms with Crippen LogP contribution in [0.25, 0.3) is 0 Å². The van der Waals surface area contributed by atoms with Gasteiger partial charge in [-0.15, -0.1) is 0 Å². The molecule has 2 N–H and O–H groups in total. The summed E-state index contributed by atoms with van der Waals surface area (Å²) in [7, 11) is 0. The fourth-order valence-corrected chi connectivity index (χ4v) is 1.61. The van der Waals surface area contributed by atoms with E-state index in [-0.39, 0.29) is 0 Å². The van der Waals surface area contributed by atoms with Gasteiger partial charge < -0.3 is 10.1 Å². The van der Waals surface area contributed by atoms with Crippen molar-refractivity contribution in [3.05, 3.63) is 11.6 Å². The number of aromatic nitrogens is 3. The Morgan fingerprint density at radius 1 is 1.64 bits per heavy atom. The average Bonchev–Trinajstić information content (AvgIpc) is 2.63. The summed E-state index contributed by atoms with van der Waals surface area (Å²) in [5.41, 5.74) is 0. The van der Waals surface area contributed by atoms with E-state index in [0.29, 0.717) is 6.04 Å². The van der Waals surface area contributed by atoms with Gasteiger partial charge in [-0.2, -0.15) is 5.10 Å². The lowest BCUT2D eigenvalue weighted by atomic mass is 10.1. The molecule has 5 nitrogen and oxygen atoms in total. The molecular weight excluding hydrogens is 180 g/mol. The molecule has 1 aliphatic rings. The molecule has 0 bridgehead atoms. The molecule has 0 radical (unpaired) electrons. The molecule has 0 aliphatic carbocycles. The number of hydrogen-bond acceptors (Lipinski definition) is 4. The number of rotatable bonds is 3. The number of H-pyrrole nitrogens is 1. The Morgan fingerprint density at radius 2 is 2.57 bits per heavy atom. The highest BCUT2D eigenvalue weighted by molar-refractivity contribution is 4.87. The molecule has 1 aromatic heterocycles. The van der Waals surface area contributed by atoms with Crippen LogP contribution in [0.15, 0.2) is 0 Å². The second-order valence-corrected chi connectivity index (χ2v) is 3.63. The summed E-state index contributed by atoms with van der Waals surface area (Å²) in [4.78, 5) is 4.23. The highest BCUT2D eigenvalue weighted by Crippen LogP contribution is 2.06. The van der Waals surface area contributed by atoms with Crippen LogP contribution in [0.3, 0.4) is 0 Å². The van der Waals surface area contributed by atoms with Crippen molar-refractivity contribution in [2.45, 2.75) is 32.4 Å². The molecule has 5 heteroatoms. The molecule has 1 unspecified atom stereocenters. The summed E-state index contributed by atoms with van der Waals surface area (Å²) in [5.74, 6) is 1.69. The summed E-state index contributed by atoms with van der Waals surface area (Å²) in [6, 6.07) is 0.461. The number of aromatic amines is 1. The maximum Gasteiger partial charge on any atom is 0.164 e. The van der Waals surface area contributed by atoms with Crippen molar-refractivity contribution in [3.8, 4) is 0 Å². The molecule has 78 valence electrons. The number of nitrogens with one attached hydrogen (secondary N) is 2. The number of hydrogen-bond donors (Lipinski definition) is 2. The SMILES string of the molecule is Cc1nc(CNC2CCCOC2)n[nH]1. The molecule has 1 atom stereocenters. The van der Waals surface area contributed by atoms with Crippen molar-refractivity contribution in [1.29, 1.82) is 0 Å². The number of ether oxygens (including phenoxy) is 1. The van der Waals surface area contributed by atoms with Crippen molar-refractivity contribution >= 4 is 0 Å². The van der Waals surface area contributed by atoms with Crippen molar-refractivity contribution in [2.24, 2.45) is 0 Å². The third-order valence-corrected chi connectivity index (χ3v) is 2.35. The Bertz CT molecular complexity index is 280. The largest absolute Gasteiger partial charge is 0.380 e. The Labute approximate surface area is 83.3 Å². The van der Waals surface area contributed by atoms with Crippen LogP contribution in [-0.4, -0.2) is 34.4 Å². The topological polar surface area (TPSA) is 62.8 Å². The maximum absolute atomic E-state index is 5.36. The van der Waals surface area contributed by atoms with Crippen LogP contribution in [-0.2, 0) is 11.3 Å². The average molecular weight is 196 g/mol. The Balaban J connectivity index is 1.76. The van der Waals surface area contributed by atoms with Crippen LogP contribution in [0.2, 0.25) is 0 Å². The fraction of sp³-hybridized carbons (Fsp3) is 0.778. The normalized spacial score (nSPS) is 22.5. The first-order chi connectivity index (χ1) is 6.84. The highest BCUT2D eigenvalue weighted by Gasteiger charge is 2.13. The van der Waals surface area contributed by atoms with Gasteiger partial charge in [0.05, 0.1) is 13.2 Å². The monoisotopic (exact) mass is 196 g/mol. The fourth-order valence-electron chi connectivity index (χ4n) is 1.61. The molecule has 2 heterocycles. The summed E-state index contributed by atoms with van der Waals surface area (Å²) in [5, 5.41) is 10.3. The van der Waals surface area contributed by atoms with Gasteiger partial charge in [-0.3, -0.25) is 5.10 Å². The zero-order valence-corrected chi connectivity index (χ0v) is 8.42. The molecule has 1 aliphatic heterocycles. The van der Waals surface area contributed by atoms with Gasteiger partial charge in [0.1, 0.15) is 5.82 Å². The molecule has 1 aromatic rings. The van der Waals surface area contributed by atoms with Gasteiger partial charge >= 0.3 is 0 Å². The zero-order valence-electron chi connectivity index (χ0n) is 8.42. The molecule has 14 heavy (non-hydrogen) atoms. The lowest BCUT2D eigenvalue weighted by molar-refractivity contribution is 0.0697.